The van der Waals surface area contributed by atoms with E-state index in [4.69, 9.17) is 0 Å². The van der Waals surface area contributed by atoms with Gasteiger partial charge in [-0.15, -0.1) is 0 Å². The van der Waals surface area contributed by atoms with Crippen LogP contribution >= 0.6 is 0 Å². The van der Waals surface area contributed by atoms with Gasteiger partial charge < -0.3 is 0 Å². The molecule has 0 saturated carbocycles. The van der Waals surface area contributed by atoms with E-state index >= 15 is 0 Å². The molecule has 4 rings (SSSR count). The Morgan fingerprint density at radius 2 is 1.96 bits per heavy atom. The lowest BCUT2D eigenvalue weighted by molar-refractivity contribution is 0.400. The molecule has 1 aliphatic carbocycles. The number of benzene rings is 1. The number of hydrogen-bond acceptors (Lipinski definition) is 4. The average Bonchev–Trinajstić information content (AvgIpc) is 3.04. The minimum Gasteiger partial charge on any atom is -0.248 e. The quantitative estimate of drug-likeness (QED) is 0.932. The van der Waals surface area contributed by atoms with Crippen molar-refractivity contribution in [3.63, 3.8) is 0 Å². The fourth-order valence-electron chi connectivity index (χ4n) is 3.53. The molecule has 122 valence electrons. The summed E-state index contributed by atoms with van der Waals surface area (Å²) < 4.78 is 30.1. The van der Waals surface area contributed by atoms with E-state index < -0.39 is 10.0 Å². The summed E-state index contributed by atoms with van der Waals surface area (Å²) in [5.74, 6) is 0.706. The molecule has 1 aromatic heterocycles. The highest BCUT2D eigenvalue weighted by molar-refractivity contribution is 7.89. The highest BCUT2D eigenvalue weighted by Gasteiger charge is 2.28. The Labute approximate surface area is 136 Å². The highest BCUT2D eigenvalue weighted by atomic mass is 32.2. The lowest BCUT2D eigenvalue weighted by Crippen LogP contribution is -2.33. The Bertz CT molecular complexity index is 828. The number of hydrogen-bond donors (Lipinski definition) is 1. The van der Waals surface area contributed by atoms with Crippen LogP contribution in [0, 0.1) is 0 Å². The van der Waals surface area contributed by atoms with Crippen LogP contribution in [0.1, 0.15) is 48.7 Å². The second-order valence-corrected chi connectivity index (χ2v) is 8.01. The molecule has 6 nitrogen and oxygen atoms in total. The maximum atomic E-state index is 12.7. The predicted octanol–water partition coefficient (Wildman–Crippen LogP) is 1.97. The van der Waals surface area contributed by atoms with Gasteiger partial charge in [-0.25, -0.2) is 22.8 Å². The van der Waals surface area contributed by atoms with Gasteiger partial charge in [0.1, 0.15) is 12.2 Å². The molecule has 0 unspecified atom stereocenters. The Hall–Kier alpha value is -1.73. The number of rotatable bonds is 3. The molecule has 1 N–H and O–H groups in total. The summed E-state index contributed by atoms with van der Waals surface area (Å²) in [4.78, 5) is 4.57. The van der Waals surface area contributed by atoms with Crippen molar-refractivity contribution in [2.45, 2.75) is 56.0 Å². The molecular formula is C16H20N4O2S. The molecule has 2 aliphatic rings. The fourth-order valence-corrected chi connectivity index (χ4v) is 4.81. The second-order valence-electron chi connectivity index (χ2n) is 6.30. The molecule has 23 heavy (non-hydrogen) atoms. The summed E-state index contributed by atoms with van der Waals surface area (Å²) >= 11 is 0. The first kappa shape index (κ1) is 14.8. The van der Waals surface area contributed by atoms with Gasteiger partial charge in [-0.3, -0.25) is 0 Å². The van der Waals surface area contributed by atoms with Gasteiger partial charge in [0.15, 0.2) is 0 Å². The third kappa shape index (κ3) is 2.79. The van der Waals surface area contributed by atoms with E-state index in [0.29, 0.717) is 10.7 Å². The van der Waals surface area contributed by atoms with Crippen LogP contribution in [0.5, 0.6) is 0 Å². The lowest BCUT2D eigenvalue weighted by Gasteiger charge is -2.23. The maximum Gasteiger partial charge on any atom is 0.241 e. The molecule has 0 amide bonds. The van der Waals surface area contributed by atoms with Gasteiger partial charge >= 0.3 is 0 Å². The van der Waals surface area contributed by atoms with Gasteiger partial charge in [-0.2, -0.15) is 5.10 Å². The molecule has 7 heteroatoms. The summed E-state index contributed by atoms with van der Waals surface area (Å²) in [6.45, 7) is 0.798. The highest BCUT2D eigenvalue weighted by Crippen LogP contribution is 2.27. The molecular weight excluding hydrogens is 312 g/mol. The number of nitrogens with zero attached hydrogens (tertiary/aromatic N) is 3. The summed E-state index contributed by atoms with van der Waals surface area (Å²) in [6, 6.07) is 5.23. The van der Waals surface area contributed by atoms with E-state index in [1.54, 1.807) is 10.7 Å². The molecule has 1 aromatic carbocycles. The third-order valence-electron chi connectivity index (χ3n) is 4.75. The number of nitrogens with one attached hydrogen (secondary N) is 1. The number of aryl methyl sites for hydroxylation is 3. The molecule has 0 fully saturated rings. The number of sulfonamides is 1. The van der Waals surface area contributed by atoms with Crippen molar-refractivity contribution in [2.75, 3.05) is 0 Å². The molecule has 0 radical (unpaired) electrons. The standard InChI is InChI=1S/C16H20N4O2S/c21-23(22,14-8-7-12-4-1-2-5-13(12)10-14)19-15-6-3-9-20-16(15)17-11-18-20/h7-8,10-11,15,19H,1-6,9H2/t15-/m1/s1. The van der Waals surface area contributed by atoms with E-state index in [2.05, 4.69) is 14.8 Å². The van der Waals surface area contributed by atoms with Gasteiger partial charge in [-0.05, 0) is 61.8 Å². The van der Waals surface area contributed by atoms with E-state index in [9.17, 15) is 8.42 Å². The van der Waals surface area contributed by atoms with Crippen molar-refractivity contribution in [1.82, 2.24) is 19.5 Å². The molecule has 1 aliphatic heterocycles. The van der Waals surface area contributed by atoms with E-state index in [1.807, 2.05) is 12.1 Å². The summed E-state index contributed by atoms with van der Waals surface area (Å²) in [5, 5.41) is 4.14. The molecule has 0 bridgehead atoms. The molecule has 2 aromatic rings. The second kappa shape index (κ2) is 5.72. The Morgan fingerprint density at radius 1 is 1.13 bits per heavy atom. The zero-order valence-corrected chi connectivity index (χ0v) is 13.7. The first-order valence-corrected chi connectivity index (χ1v) is 9.64. The molecule has 0 spiro atoms. The zero-order valence-electron chi connectivity index (χ0n) is 12.9. The summed E-state index contributed by atoms with van der Waals surface area (Å²) in [7, 11) is -3.55. The average molecular weight is 332 g/mol. The van der Waals surface area contributed by atoms with Gasteiger partial charge in [0.25, 0.3) is 0 Å². The van der Waals surface area contributed by atoms with Crippen LogP contribution in [-0.2, 0) is 29.4 Å². The smallest absolute Gasteiger partial charge is 0.241 e. The van der Waals surface area contributed by atoms with Crippen LogP contribution in [0.25, 0.3) is 0 Å². The largest absolute Gasteiger partial charge is 0.248 e. The van der Waals surface area contributed by atoms with Gasteiger partial charge in [0, 0.05) is 6.54 Å². The summed E-state index contributed by atoms with van der Waals surface area (Å²) in [6.07, 6.45) is 7.48. The van der Waals surface area contributed by atoms with Crippen LogP contribution in [0.3, 0.4) is 0 Å². The minimum atomic E-state index is -3.55. The fraction of sp³-hybridized carbons (Fsp3) is 0.500. The van der Waals surface area contributed by atoms with Crippen molar-refractivity contribution in [3.05, 3.63) is 41.5 Å². The number of fused-ring (bicyclic) bond motifs is 2. The van der Waals surface area contributed by atoms with E-state index in [-0.39, 0.29) is 6.04 Å². The van der Waals surface area contributed by atoms with Crippen molar-refractivity contribution < 1.29 is 8.42 Å². The third-order valence-corrected chi connectivity index (χ3v) is 6.22. The van der Waals surface area contributed by atoms with Gasteiger partial charge in [0.2, 0.25) is 10.0 Å². The van der Waals surface area contributed by atoms with Gasteiger partial charge in [-0.1, -0.05) is 6.07 Å². The van der Waals surface area contributed by atoms with Crippen LogP contribution in [0.2, 0.25) is 0 Å². The van der Waals surface area contributed by atoms with E-state index in [0.717, 1.165) is 38.6 Å². The Kier molecular flexibility index (Phi) is 3.69. The monoisotopic (exact) mass is 332 g/mol. The lowest BCUT2D eigenvalue weighted by atomic mass is 9.92. The topological polar surface area (TPSA) is 76.9 Å². The van der Waals surface area contributed by atoms with Gasteiger partial charge in [0.05, 0.1) is 10.9 Å². The van der Waals surface area contributed by atoms with Crippen LogP contribution in [0.4, 0.5) is 0 Å². The first-order chi connectivity index (χ1) is 11.1. The van der Waals surface area contributed by atoms with Crippen LogP contribution < -0.4 is 4.72 Å². The normalized spacial score (nSPS) is 20.8. The van der Waals surface area contributed by atoms with Crippen molar-refractivity contribution in [3.8, 4) is 0 Å². The van der Waals surface area contributed by atoms with Crippen molar-refractivity contribution in [1.29, 1.82) is 0 Å². The van der Waals surface area contributed by atoms with Crippen LogP contribution in [-0.4, -0.2) is 23.2 Å². The number of aromatic nitrogens is 3. The molecule has 1 atom stereocenters. The predicted molar refractivity (Wildman–Crippen MR) is 85.4 cm³/mol. The van der Waals surface area contributed by atoms with Crippen molar-refractivity contribution in [2.24, 2.45) is 0 Å². The first-order valence-electron chi connectivity index (χ1n) is 8.15. The van der Waals surface area contributed by atoms with Crippen molar-refractivity contribution >= 4 is 10.0 Å². The molecule has 2 heterocycles. The zero-order chi connectivity index (χ0) is 15.9. The maximum absolute atomic E-state index is 12.7. The molecule has 0 saturated heterocycles. The summed E-state index contributed by atoms with van der Waals surface area (Å²) in [5.41, 5.74) is 2.46. The SMILES string of the molecule is O=S(=O)(N[C@@H]1CCCn2ncnc21)c1ccc2c(c1)CCCC2. The van der Waals surface area contributed by atoms with Crippen LogP contribution in [0.15, 0.2) is 29.4 Å². The van der Waals surface area contributed by atoms with E-state index in [1.165, 1.54) is 23.9 Å². The Balaban J connectivity index is 1.62. The Morgan fingerprint density at radius 3 is 2.83 bits per heavy atom. The minimum absolute atomic E-state index is 0.299.